The molecule has 0 saturated carbocycles. The standard InChI is InChI=1S/C9H14NP/c1-9(2,3)7-4-8(11)6-10-5-7/h4-6H,11H2,1-3H3. The second-order valence-corrected chi connectivity index (χ2v) is 4.42. The van der Waals surface area contributed by atoms with Crippen molar-refractivity contribution in [2.75, 3.05) is 0 Å². The van der Waals surface area contributed by atoms with Crippen LogP contribution < -0.4 is 5.30 Å². The van der Waals surface area contributed by atoms with Gasteiger partial charge in [-0.2, -0.15) is 0 Å². The van der Waals surface area contributed by atoms with E-state index in [1.54, 1.807) is 0 Å². The minimum atomic E-state index is 0.208. The first-order valence-electron chi connectivity index (χ1n) is 3.71. The summed E-state index contributed by atoms with van der Waals surface area (Å²) in [5, 5.41) is 1.15. The van der Waals surface area contributed by atoms with Crippen LogP contribution in [0.2, 0.25) is 0 Å². The Morgan fingerprint density at radius 2 is 1.91 bits per heavy atom. The third-order valence-corrected chi connectivity index (χ3v) is 1.94. The predicted octanol–water partition coefficient (Wildman–Crippen LogP) is 1.88. The first-order chi connectivity index (χ1) is 5.00. The first kappa shape index (κ1) is 8.67. The highest BCUT2D eigenvalue weighted by molar-refractivity contribution is 7.27. The molecule has 0 spiro atoms. The van der Waals surface area contributed by atoms with E-state index in [1.807, 2.05) is 12.4 Å². The smallest absolute Gasteiger partial charge is 0.0339 e. The molecule has 0 aromatic carbocycles. The van der Waals surface area contributed by atoms with Gasteiger partial charge in [-0.05, 0) is 22.3 Å². The van der Waals surface area contributed by atoms with Gasteiger partial charge in [-0.1, -0.05) is 20.8 Å². The van der Waals surface area contributed by atoms with Crippen molar-refractivity contribution < 1.29 is 0 Å². The van der Waals surface area contributed by atoms with Crippen molar-refractivity contribution in [1.29, 1.82) is 0 Å². The molecule has 1 aromatic rings. The van der Waals surface area contributed by atoms with Gasteiger partial charge in [0.1, 0.15) is 0 Å². The lowest BCUT2D eigenvalue weighted by molar-refractivity contribution is 0.588. The fourth-order valence-corrected chi connectivity index (χ4v) is 1.13. The molecule has 0 fully saturated rings. The van der Waals surface area contributed by atoms with Crippen molar-refractivity contribution >= 4 is 14.5 Å². The predicted molar refractivity (Wildman–Crippen MR) is 52.3 cm³/mol. The van der Waals surface area contributed by atoms with Crippen LogP contribution in [-0.2, 0) is 5.41 Å². The summed E-state index contributed by atoms with van der Waals surface area (Å²) in [5.74, 6) is 0. The van der Waals surface area contributed by atoms with Crippen LogP contribution in [0.4, 0.5) is 0 Å². The van der Waals surface area contributed by atoms with E-state index in [9.17, 15) is 0 Å². The van der Waals surface area contributed by atoms with Crippen molar-refractivity contribution in [1.82, 2.24) is 4.98 Å². The fourth-order valence-electron chi connectivity index (χ4n) is 0.868. The topological polar surface area (TPSA) is 12.9 Å². The summed E-state index contributed by atoms with van der Waals surface area (Å²) in [6.45, 7) is 6.57. The molecule has 0 amide bonds. The summed E-state index contributed by atoms with van der Waals surface area (Å²) in [6, 6.07) is 2.15. The third-order valence-electron chi connectivity index (χ3n) is 1.63. The molecular weight excluding hydrogens is 153 g/mol. The molecule has 0 N–H and O–H groups in total. The Morgan fingerprint density at radius 3 is 2.27 bits per heavy atom. The number of nitrogens with zero attached hydrogens (tertiary/aromatic N) is 1. The summed E-state index contributed by atoms with van der Waals surface area (Å²) in [4.78, 5) is 4.13. The molecule has 60 valence electrons. The lowest BCUT2D eigenvalue weighted by Crippen LogP contribution is -2.13. The normalized spacial score (nSPS) is 11.6. The van der Waals surface area contributed by atoms with Gasteiger partial charge >= 0.3 is 0 Å². The van der Waals surface area contributed by atoms with Crippen LogP contribution in [0.5, 0.6) is 0 Å². The minimum absolute atomic E-state index is 0.208. The Bertz CT molecular complexity index is 250. The Balaban J connectivity index is 3.06. The Kier molecular flexibility index (Phi) is 2.29. The second-order valence-electron chi connectivity index (χ2n) is 3.76. The number of aromatic nitrogens is 1. The lowest BCUT2D eigenvalue weighted by Gasteiger charge is -2.18. The van der Waals surface area contributed by atoms with Gasteiger partial charge in [-0.15, -0.1) is 9.24 Å². The molecule has 1 atom stereocenters. The van der Waals surface area contributed by atoms with E-state index in [-0.39, 0.29) is 5.41 Å². The molecule has 2 heteroatoms. The van der Waals surface area contributed by atoms with Crippen molar-refractivity contribution in [2.45, 2.75) is 26.2 Å². The maximum absolute atomic E-state index is 4.13. The average Bonchev–Trinajstić information content (AvgIpc) is 1.86. The first-order valence-corrected chi connectivity index (χ1v) is 4.29. The molecule has 1 unspecified atom stereocenters. The van der Waals surface area contributed by atoms with Gasteiger partial charge in [0, 0.05) is 12.4 Å². The zero-order chi connectivity index (χ0) is 8.48. The van der Waals surface area contributed by atoms with Gasteiger partial charge in [-0.25, -0.2) is 0 Å². The van der Waals surface area contributed by atoms with Gasteiger partial charge in [0.25, 0.3) is 0 Å². The van der Waals surface area contributed by atoms with Crippen LogP contribution in [0, 0.1) is 0 Å². The van der Waals surface area contributed by atoms with Crippen LogP contribution in [0.1, 0.15) is 26.3 Å². The van der Waals surface area contributed by atoms with Crippen LogP contribution in [-0.4, -0.2) is 4.98 Å². The van der Waals surface area contributed by atoms with E-state index < -0.39 is 0 Å². The molecule has 1 nitrogen and oxygen atoms in total. The van der Waals surface area contributed by atoms with Gasteiger partial charge in [0.05, 0.1) is 0 Å². The molecule has 1 aromatic heterocycles. The van der Waals surface area contributed by atoms with Gasteiger partial charge < -0.3 is 0 Å². The third kappa shape index (κ3) is 2.27. The maximum atomic E-state index is 4.13. The number of hydrogen-bond acceptors (Lipinski definition) is 1. The molecular formula is C9H14NP. The van der Waals surface area contributed by atoms with Gasteiger partial charge in [0.2, 0.25) is 0 Å². The number of rotatable bonds is 0. The molecule has 0 aliphatic carbocycles. The number of hydrogen-bond donors (Lipinski definition) is 0. The van der Waals surface area contributed by atoms with E-state index in [1.165, 1.54) is 5.56 Å². The minimum Gasteiger partial charge on any atom is -0.264 e. The highest BCUT2D eigenvalue weighted by atomic mass is 31.0. The summed E-state index contributed by atoms with van der Waals surface area (Å²) in [6.07, 6.45) is 3.77. The fraction of sp³-hybridized carbons (Fsp3) is 0.444. The molecule has 0 saturated heterocycles. The van der Waals surface area contributed by atoms with Crippen LogP contribution in [0.3, 0.4) is 0 Å². The Hall–Kier alpha value is -0.420. The quantitative estimate of drug-likeness (QED) is 0.537. The van der Waals surface area contributed by atoms with E-state index in [0.29, 0.717) is 0 Å². The number of pyridine rings is 1. The second kappa shape index (κ2) is 2.91. The molecule has 1 rings (SSSR count). The molecule has 0 radical (unpaired) electrons. The van der Waals surface area contributed by atoms with E-state index in [0.717, 1.165) is 5.30 Å². The zero-order valence-corrected chi connectivity index (χ0v) is 8.41. The van der Waals surface area contributed by atoms with E-state index in [2.05, 4.69) is 41.1 Å². The maximum Gasteiger partial charge on any atom is 0.0339 e. The van der Waals surface area contributed by atoms with Crippen molar-refractivity contribution in [3.05, 3.63) is 24.0 Å². The van der Waals surface area contributed by atoms with Gasteiger partial charge in [0.15, 0.2) is 0 Å². The monoisotopic (exact) mass is 167 g/mol. The van der Waals surface area contributed by atoms with Crippen LogP contribution in [0.25, 0.3) is 0 Å². The molecule has 1 heterocycles. The zero-order valence-electron chi connectivity index (χ0n) is 7.26. The summed E-state index contributed by atoms with van der Waals surface area (Å²) >= 11 is 0. The van der Waals surface area contributed by atoms with Crippen molar-refractivity contribution in [3.63, 3.8) is 0 Å². The average molecular weight is 167 g/mol. The molecule has 0 aliphatic heterocycles. The Labute approximate surface area is 70.4 Å². The molecule has 0 bridgehead atoms. The van der Waals surface area contributed by atoms with E-state index in [4.69, 9.17) is 0 Å². The van der Waals surface area contributed by atoms with Crippen LogP contribution in [0.15, 0.2) is 18.5 Å². The molecule has 11 heavy (non-hydrogen) atoms. The summed E-state index contributed by atoms with van der Waals surface area (Å²) in [7, 11) is 2.66. The van der Waals surface area contributed by atoms with Crippen molar-refractivity contribution in [2.24, 2.45) is 0 Å². The van der Waals surface area contributed by atoms with Crippen molar-refractivity contribution in [3.8, 4) is 0 Å². The molecule has 0 aliphatic rings. The van der Waals surface area contributed by atoms with Gasteiger partial charge in [-0.3, -0.25) is 4.98 Å². The Morgan fingerprint density at radius 1 is 1.27 bits per heavy atom. The largest absolute Gasteiger partial charge is 0.264 e. The highest BCUT2D eigenvalue weighted by Gasteiger charge is 2.13. The van der Waals surface area contributed by atoms with E-state index >= 15 is 0 Å². The summed E-state index contributed by atoms with van der Waals surface area (Å²) < 4.78 is 0. The summed E-state index contributed by atoms with van der Waals surface area (Å²) in [5.41, 5.74) is 1.49. The van der Waals surface area contributed by atoms with Crippen LogP contribution >= 0.6 is 9.24 Å². The lowest BCUT2D eigenvalue weighted by atomic mass is 9.88. The highest BCUT2D eigenvalue weighted by Crippen LogP contribution is 2.19. The SMILES string of the molecule is CC(C)(C)c1cncc(P)c1.